The van der Waals surface area contributed by atoms with Gasteiger partial charge in [0.05, 0.1) is 13.2 Å². The molecule has 0 radical (unpaired) electrons. The maximum Gasteiger partial charge on any atom is 0.250 e. The molecule has 1 aliphatic heterocycles. The summed E-state index contributed by atoms with van der Waals surface area (Å²) in [7, 11) is 0. The van der Waals surface area contributed by atoms with Gasteiger partial charge >= 0.3 is 0 Å². The molecular weight excluding hydrogens is 290 g/mol. The van der Waals surface area contributed by atoms with Crippen LogP contribution in [0.3, 0.4) is 0 Å². The van der Waals surface area contributed by atoms with Crippen LogP contribution in [-0.4, -0.2) is 30.5 Å². The van der Waals surface area contributed by atoms with Gasteiger partial charge in [-0.3, -0.25) is 4.79 Å². The van der Waals surface area contributed by atoms with E-state index in [-0.39, 0.29) is 5.91 Å². The van der Waals surface area contributed by atoms with Gasteiger partial charge in [0.1, 0.15) is 5.75 Å². The topological polar surface area (TPSA) is 59.9 Å². The average molecular weight is 315 g/mol. The maximum atomic E-state index is 12.2. The fourth-order valence-corrected chi connectivity index (χ4v) is 2.89. The van der Waals surface area contributed by atoms with Crippen LogP contribution in [0.1, 0.15) is 33.1 Å². The number of rotatable bonds is 5. The van der Waals surface area contributed by atoms with Crippen molar-refractivity contribution in [2.24, 2.45) is 11.8 Å². The highest BCUT2D eigenvalue weighted by atomic mass is 16.5. The number of carbonyl (C=O) groups excluding carboxylic acids is 1. The SMILES string of the molecule is [C-]#[N+]c1c(N)cccc1OCC1CCCN(C(=O)CC(C)C)C1. The van der Waals surface area contributed by atoms with Gasteiger partial charge in [-0.15, -0.1) is 0 Å². The summed E-state index contributed by atoms with van der Waals surface area (Å²) in [6.07, 6.45) is 2.65. The number of likely N-dealkylation sites (tertiary alicyclic amines) is 1. The van der Waals surface area contributed by atoms with E-state index in [1.54, 1.807) is 18.2 Å². The number of para-hydroxylation sites is 1. The number of amides is 1. The molecule has 23 heavy (non-hydrogen) atoms. The lowest BCUT2D eigenvalue weighted by Crippen LogP contribution is -2.41. The molecule has 0 spiro atoms. The molecule has 2 N–H and O–H groups in total. The largest absolute Gasteiger partial charge is 0.504 e. The van der Waals surface area contributed by atoms with E-state index in [1.165, 1.54) is 0 Å². The second-order valence-corrected chi connectivity index (χ2v) is 6.56. The molecule has 1 atom stereocenters. The Morgan fingerprint density at radius 3 is 3.00 bits per heavy atom. The predicted octanol–water partition coefficient (Wildman–Crippen LogP) is 3.48. The monoisotopic (exact) mass is 315 g/mol. The van der Waals surface area contributed by atoms with E-state index in [0.29, 0.717) is 42.0 Å². The Bertz CT molecular complexity index is 592. The summed E-state index contributed by atoms with van der Waals surface area (Å²) >= 11 is 0. The molecule has 5 heteroatoms. The van der Waals surface area contributed by atoms with Gasteiger partial charge in [-0.1, -0.05) is 19.9 Å². The van der Waals surface area contributed by atoms with Crippen LogP contribution < -0.4 is 10.5 Å². The molecule has 124 valence electrons. The number of nitrogens with two attached hydrogens (primary N) is 1. The lowest BCUT2D eigenvalue weighted by molar-refractivity contribution is -0.134. The van der Waals surface area contributed by atoms with Gasteiger partial charge in [0, 0.05) is 31.1 Å². The van der Waals surface area contributed by atoms with E-state index in [1.807, 2.05) is 4.90 Å². The highest BCUT2D eigenvalue weighted by Crippen LogP contribution is 2.34. The minimum atomic E-state index is 0.232. The van der Waals surface area contributed by atoms with Crippen molar-refractivity contribution in [1.29, 1.82) is 0 Å². The minimum absolute atomic E-state index is 0.232. The third kappa shape index (κ3) is 4.62. The van der Waals surface area contributed by atoms with E-state index in [9.17, 15) is 4.79 Å². The molecule has 1 heterocycles. The number of ether oxygens (including phenoxy) is 1. The van der Waals surface area contributed by atoms with Gasteiger partial charge in [-0.2, -0.15) is 0 Å². The Morgan fingerprint density at radius 2 is 2.30 bits per heavy atom. The van der Waals surface area contributed by atoms with Crippen molar-refractivity contribution < 1.29 is 9.53 Å². The molecule has 0 aromatic heterocycles. The first-order valence-electron chi connectivity index (χ1n) is 8.17. The second-order valence-electron chi connectivity index (χ2n) is 6.56. The van der Waals surface area contributed by atoms with Crippen molar-refractivity contribution in [3.63, 3.8) is 0 Å². The van der Waals surface area contributed by atoms with Crippen LogP contribution in [0.5, 0.6) is 5.75 Å². The van der Waals surface area contributed by atoms with Crippen LogP contribution >= 0.6 is 0 Å². The zero-order chi connectivity index (χ0) is 16.8. The Hall–Kier alpha value is -2.22. The normalized spacial score (nSPS) is 17.8. The lowest BCUT2D eigenvalue weighted by atomic mass is 9.98. The molecule has 1 unspecified atom stereocenters. The van der Waals surface area contributed by atoms with Crippen molar-refractivity contribution in [3.05, 3.63) is 29.6 Å². The Morgan fingerprint density at radius 1 is 1.52 bits per heavy atom. The Kier molecular flexibility index (Phi) is 5.86. The number of nitrogens with zero attached hydrogens (tertiary/aromatic N) is 2. The van der Waals surface area contributed by atoms with Gasteiger partial charge in [0.2, 0.25) is 11.6 Å². The Labute approximate surface area is 138 Å². The third-order valence-corrected chi connectivity index (χ3v) is 4.07. The second kappa shape index (κ2) is 7.87. The molecule has 1 aromatic carbocycles. The maximum absolute atomic E-state index is 12.2. The zero-order valence-electron chi connectivity index (χ0n) is 13.9. The van der Waals surface area contributed by atoms with Crippen LogP contribution in [0.4, 0.5) is 11.4 Å². The molecule has 1 amide bonds. The molecule has 1 fully saturated rings. The van der Waals surface area contributed by atoms with Gasteiger partial charge in [0.15, 0.2) is 0 Å². The van der Waals surface area contributed by atoms with Gasteiger partial charge < -0.3 is 15.4 Å². The fourth-order valence-electron chi connectivity index (χ4n) is 2.89. The first-order valence-corrected chi connectivity index (χ1v) is 8.17. The number of carbonyl (C=O) groups is 1. The first-order chi connectivity index (χ1) is 11.0. The summed E-state index contributed by atoms with van der Waals surface area (Å²) in [6.45, 7) is 13.4. The molecule has 1 aromatic rings. The van der Waals surface area contributed by atoms with E-state index >= 15 is 0 Å². The van der Waals surface area contributed by atoms with Gasteiger partial charge in [-0.25, -0.2) is 4.85 Å². The molecule has 0 bridgehead atoms. The number of hydrogen-bond donors (Lipinski definition) is 1. The summed E-state index contributed by atoms with van der Waals surface area (Å²) in [5, 5.41) is 0. The van der Waals surface area contributed by atoms with Gasteiger partial charge in [0.25, 0.3) is 0 Å². The van der Waals surface area contributed by atoms with E-state index in [0.717, 1.165) is 25.9 Å². The smallest absolute Gasteiger partial charge is 0.250 e. The number of hydrogen-bond acceptors (Lipinski definition) is 3. The van der Waals surface area contributed by atoms with Crippen molar-refractivity contribution in [2.45, 2.75) is 33.1 Å². The standard InChI is InChI=1S/C18H25N3O2/c1-13(2)10-17(22)21-9-5-6-14(11-21)12-23-16-8-4-7-15(19)18(16)20-3/h4,7-8,13-14H,5-6,9-12,19H2,1-2H3. The lowest BCUT2D eigenvalue weighted by Gasteiger charge is -2.33. The van der Waals surface area contributed by atoms with Crippen molar-refractivity contribution in [3.8, 4) is 5.75 Å². The van der Waals surface area contributed by atoms with Crippen molar-refractivity contribution in [1.82, 2.24) is 4.90 Å². The zero-order valence-corrected chi connectivity index (χ0v) is 13.9. The third-order valence-electron chi connectivity index (χ3n) is 4.07. The number of nitrogen functional groups attached to an aromatic ring is 1. The van der Waals surface area contributed by atoms with E-state index in [4.69, 9.17) is 17.0 Å². The van der Waals surface area contributed by atoms with Crippen LogP contribution in [0.15, 0.2) is 18.2 Å². The summed E-state index contributed by atoms with van der Waals surface area (Å²) in [5.41, 5.74) is 6.61. The average Bonchev–Trinajstić information content (AvgIpc) is 2.52. The summed E-state index contributed by atoms with van der Waals surface area (Å²) in [5.74, 6) is 1.45. The molecule has 2 rings (SSSR count). The first kappa shape index (κ1) is 17.1. The summed E-state index contributed by atoms with van der Waals surface area (Å²) in [4.78, 5) is 17.6. The molecule has 0 aliphatic carbocycles. The van der Waals surface area contributed by atoms with Crippen LogP contribution in [-0.2, 0) is 4.79 Å². The number of benzene rings is 1. The molecule has 5 nitrogen and oxygen atoms in total. The quantitative estimate of drug-likeness (QED) is 0.668. The van der Waals surface area contributed by atoms with E-state index < -0.39 is 0 Å². The van der Waals surface area contributed by atoms with Crippen LogP contribution in [0, 0.1) is 18.4 Å². The van der Waals surface area contributed by atoms with E-state index in [2.05, 4.69) is 18.7 Å². The Balaban J connectivity index is 1.93. The summed E-state index contributed by atoms with van der Waals surface area (Å²) in [6, 6.07) is 5.26. The fraction of sp³-hybridized carbons (Fsp3) is 0.556. The predicted molar refractivity (Wildman–Crippen MR) is 91.4 cm³/mol. The van der Waals surface area contributed by atoms with Crippen molar-refractivity contribution in [2.75, 3.05) is 25.4 Å². The molecular formula is C18H25N3O2. The summed E-state index contributed by atoms with van der Waals surface area (Å²) < 4.78 is 5.83. The highest BCUT2D eigenvalue weighted by Gasteiger charge is 2.24. The van der Waals surface area contributed by atoms with Gasteiger partial charge in [-0.05, 0) is 30.9 Å². The molecule has 1 saturated heterocycles. The number of piperidine rings is 1. The highest BCUT2D eigenvalue weighted by molar-refractivity contribution is 5.76. The molecule has 0 saturated carbocycles. The number of anilines is 1. The molecule has 1 aliphatic rings. The van der Waals surface area contributed by atoms with Crippen LogP contribution in [0.2, 0.25) is 0 Å². The van der Waals surface area contributed by atoms with Crippen molar-refractivity contribution >= 4 is 17.3 Å². The van der Waals surface area contributed by atoms with Crippen LogP contribution in [0.25, 0.3) is 4.85 Å². The minimum Gasteiger partial charge on any atom is -0.504 e.